The lowest BCUT2D eigenvalue weighted by Crippen LogP contribution is -2.48. The molecule has 2 aliphatic heterocycles. The van der Waals surface area contributed by atoms with Gasteiger partial charge in [0.05, 0.1) is 24.5 Å². The Bertz CT molecular complexity index is 795. The number of carbonyl (C=O) groups excluding carboxylic acids is 3. The fourth-order valence-corrected chi connectivity index (χ4v) is 3.20. The van der Waals surface area contributed by atoms with Crippen LogP contribution in [-0.4, -0.2) is 41.3 Å². The Morgan fingerprint density at radius 2 is 2.12 bits per heavy atom. The fraction of sp³-hybridized carbons (Fsp3) is 0.286. The number of hydrogen-bond donors (Lipinski definition) is 0. The van der Waals surface area contributed by atoms with E-state index in [-0.39, 0.29) is 18.6 Å². The maximum absolute atomic E-state index is 12.9. The number of imide groups is 1. The Morgan fingerprint density at radius 3 is 2.75 bits per heavy atom. The summed E-state index contributed by atoms with van der Waals surface area (Å²) in [5.41, 5.74) is -1.40. The van der Waals surface area contributed by atoms with Crippen LogP contribution in [0.5, 0.6) is 0 Å². The van der Waals surface area contributed by atoms with Crippen molar-refractivity contribution in [2.24, 2.45) is 10.4 Å². The van der Waals surface area contributed by atoms with Crippen LogP contribution in [0.25, 0.3) is 0 Å². The predicted octanol–water partition coefficient (Wildman–Crippen LogP) is 1.37. The summed E-state index contributed by atoms with van der Waals surface area (Å²) in [7, 11) is 1.16. The van der Waals surface area contributed by atoms with Crippen molar-refractivity contribution in [3.63, 3.8) is 0 Å². The zero-order chi connectivity index (χ0) is 17.5. The van der Waals surface area contributed by atoms with Crippen molar-refractivity contribution in [3.05, 3.63) is 33.6 Å². The number of nitrogens with zero attached hydrogens (tertiary/aromatic N) is 4. The van der Waals surface area contributed by atoms with Gasteiger partial charge in [-0.05, 0) is 18.2 Å². The molecule has 0 aromatic heterocycles. The number of carbonyl (C=O) groups is 3. The zero-order valence-electron chi connectivity index (χ0n) is 12.4. The van der Waals surface area contributed by atoms with Gasteiger partial charge in [0.25, 0.3) is 5.91 Å². The van der Waals surface area contributed by atoms with Gasteiger partial charge in [-0.1, -0.05) is 22.0 Å². The van der Waals surface area contributed by atoms with Crippen LogP contribution in [0.2, 0.25) is 0 Å². The van der Waals surface area contributed by atoms with Crippen molar-refractivity contribution in [3.8, 4) is 0 Å². The van der Waals surface area contributed by atoms with Gasteiger partial charge in [0.2, 0.25) is 5.91 Å². The number of hydrogen-bond acceptors (Lipinski definition) is 7. The van der Waals surface area contributed by atoms with Crippen molar-refractivity contribution in [2.45, 2.75) is 18.4 Å². The molecule has 10 heteroatoms. The molecular formula is C14H11BrN4O5. The van der Waals surface area contributed by atoms with E-state index in [1.807, 2.05) is 0 Å². The second-order valence-electron chi connectivity index (χ2n) is 5.31. The van der Waals surface area contributed by atoms with E-state index >= 15 is 0 Å². The topological polar surface area (TPSA) is 109 Å². The van der Waals surface area contributed by atoms with E-state index in [2.05, 4.69) is 31.1 Å². The molecule has 0 bridgehead atoms. The Kier molecular flexibility index (Phi) is 3.91. The second-order valence-corrected chi connectivity index (χ2v) is 6.22. The molecule has 24 heavy (non-hydrogen) atoms. The van der Waals surface area contributed by atoms with E-state index in [1.54, 1.807) is 24.3 Å². The SMILES string of the molecule is COC(=O)C1=NN(N=O)[C@@]2(CC(=O)N(c3cccc(Br)c3)C2=O)C1. The summed E-state index contributed by atoms with van der Waals surface area (Å²) in [6.45, 7) is 0. The molecule has 0 radical (unpaired) electrons. The smallest absolute Gasteiger partial charge is 0.354 e. The summed E-state index contributed by atoms with van der Waals surface area (Å²) >= 11 is 3.28. The first-order valence-electron chi connectivity index (χ1n) is 6.85. The minimum atomic E-state index is -1.62. The highest BCUT2D eigenvalue weighted by Crippen LogP contribution is 2.40. The van der Waals surface area contributed by atoms with E-state index in [0.717, 1.165) is 12.0 Å². The largest absolute Gasteiger partial charge is 0.464 e. The average molecular weight is 395 g/mol. The van der Waals surface area contributed by atoms with E-state index in [9.17, 15) is 19.3 Å². The normalized spacial score (nSPS) is 23.0. The highest BCUT2D eigenvalue weighted by atomic mass is 79.9. The summed E-state index contributed by atoms with van der Waals surface area (Å²) in [5.74, 6) is -1.94. The monoisotopic (exact) mass is 394 g/mol. The fourth-order valence-electron chi connectivity index (χ4n) is 2.82. The van der Waals surface area contributed by atoms with Gasteiger partial charge in [0, 0.05) is 10.9 Å². The maximum Gasteiger partial charge on any atom is 0.354 e. The number of anilines is 1. The Morgan fingerprint density at radius 1 is 1.38 bits per heavy atom. The highest BCUT2D eigenvalue weighted by Gasteiger charge is 2.61. The molecule has 1 saturated heterocycles. The van der Waals surface area contributed by atoms with Crippen LogP contribution in [0, 0.1) is 4.91 Å². The van der Waals surface area contributed by atoms with Gasteiger partial charge in [-0.15, -0.1) is 15.1 Å². The lowest BCUT2D eigenvalue weighted by atomic mass is 9.92. The number of ether oxygens (including phenoxy) is 1. The van der Waals surface area contributed by atoms with E-state index in [1.165, 1.54) is 0 Å². The van der Waals surface area contributed by atoms with Gasteiger partial charge in [0.15, 0.2) is 11.3 Å². The molecular weight excluding hydrogens is 384 g/mol. The predicted molar refractivity (Wildman–Crippen MR) is 85.7 cm³/mol. The quantitative estimate of drug-likeness (QED) is 0.435. The molecule has 2 amide bonds. The number of hydrazone groups is 1. The van der Waals surface area contributed by atoms with Crippen LogP contribution >= 0.6 is 15.9 Å². The Labute approximate surface area is 144 Å². The van der Waals surface area contributed by atoms with E-state index < -0.39 is 23.3 Å². The third kappa shape index (κ3) is 2.30. The number of halogens is 1. The number of nitroso groups, excluding NO2 is 1. The Balaban J connectivity index is 1.99. The third-order valence-electron chi connectivity index (χ3n) is 3.92. The maximum atomic E-state index is 12.9. The van der Waals surface area contributed by atoms with Gasteiger partial charge in [-0.25, -0.2) is 9.69 Å². The van der Waals surface area contributed by atoms with Crippen molar-refractivity contribution in [1.82, 2.24) is 5.12 Å². The molecule has 2 aliphatic rings. The molecule has 1 spiro atoms. The molecule has 1 fully saturated rings. The zero-order valence-corrected chi connectivity index (χ0v) is 14.0. The molecule has 0 N–H and O–H groups in total. The average Bonchev–Trinajstić information content (AvgIpc) is 3.05. The van der Waals surface area contributed by atoms with Gasteiger partial charge in [0.1, 0.15) is 0 Å². The first kappa shape index (κ1) is 16.2. The van der Waals surface area contributed by atoms with Crippen LogP contribution in [-0.2, 0) is 19.1 Å². The standard InChI is InChI=1S/C14H11BrN4O5/c1-24-12(21)10-6-14(19(16-10)17-23)7-11(20)18(13(14)22)9-4-2-3-8(15)5-9/h2-5H,6-7H2,1H3/t14-/m1/s1. The Hall–Kier alpha value is -2.62. The molecule has 2 heterocycles. The second kappa shape index (κ2) is 5.78. The summed E-state index contributed by atoms with van der Waals surface area (Å²) < 4.78 is 5.25. The van der Waals surface area contributed by atoms with Gasteiger partial charge in [-0.2, -0.15) is 0 Å². The van der Waals surface area contributed by atoms with Gasteiger partial charge in [-0.3, -0.25) is 9.59 Å². The minimum Gasteiger partial charge on any atom is -0.464 e. The summed E-state index contributed by atoms with van der Waals surface area (Å²) in [4.78, 5) is 49.1. The number of rotatable bonds is 3. The summed E-state index contributed by atoms with van der Waals surface area (Å²) in [6.07, 6.45) is -0.533. The molecule has 1 aromatic rings. The number of esters is 1. The van der Waals surface area contributed by atoms with Crippen LogP contribution in [0.1, 0.15) is 12.8 Å². The molecule has 124 valence electrons. The van der Waals surface area contributed by atoms with Crippen molar-refractivity contribution in [1.29, 1.82) is 0 Å². The molecule has 3 rings (SSSR count). The summed E-state index contributed by atoms with van der Waals surface area (Å²) in [5, 5.41) is 7.02. The first-order chi connectivity index (χ1) is 11.4. The van der Waals surface area contributed by atoms with Crippen LogP contribution < -0.4 is 4.90 Å². The van der Waals surface area contributed by atoms with Crippen molar-refractivity contribution >= 4 is 45.1 Å². The molecule has 1 aromatic carbocycles. The lowest BCUT2D eigenvalue weighted by molar-refractivity contribution is -0.132. The molecule has 1 atom stereocenters. The molecule has 0 aliphatic carbocycles. The number of methoxy groups -OCH3 is 1. The van der Waals surface area contributed by atoms with Crippen molar-refractivity contribution in [2.75, 3.05) is 12.0 Å². The lowest BCUT2D eigenvalue weighted by Gasteiger charge is -2.24. The van der Waals surface area contributed by atoms with Crippen LogP contribution in [0.15, 0.2) is 39.1 Å². The van der Waals surface area contributed by atoms with Crippen LogP contribution in [0.4, 0.5) is 5.69 Å². The van der Waals surface area contributed by atoms with Gasteiger partial charge >= 0.3 is 5.97 Å². The third-order valence-corrected chi connectivity index (χ3v) is 4.41. The van der Waals surface area contributed by atoms with Crippen LogP contribution in [0.3, 0.4) is 0 Å². The van der Waals surface area contributed by atoms with Crippen molar-refractivity contribution < 1.29 is 19.1 Å². The molecule has 9 nitrogen and oxygen atoms in total. The number of benzene rings is 1. The first-order valence-corrected chi connectivity index (χ1v) is 7.64. The molecule has 0 saturated carbocycles. The summed E-state index contributed by atoms with van der Waals surface area (Å²) in [6, 6.07) is 6.61. The minimum absolute atomic E-state index is 0.130. The van der Waals surface area contributed by atoms with E-state index in [0.29, 0.717) is 15.3 Å². The van der Waals surface area contributed by atoms with Gasteiger partial charge < -0.3 is 4.74 Å². The van der Waals surface area contributed by atoms with E-state index in [4.69, 9.17) is 0 Å². The number of amides is 2. The molecule has 0 unspecified atom stereocenters. The highest BCUT2D eigenvalue weighted by molar-refractivity contribution is 9.10.